The highest BCUT2D eigenvalue weighted by atomic mass is 14.8. The summed E-state index contributed by atoms with van der Waals surface area (Å²) in [5.74, 6) is 4.94. The fraction of sp³-hybridized carbons (Fsp3) is 1.00. The van der Waals surface area contributed by atoms with Crippen molar-refractivity contribution in [1.82, 2.24) is 0 Å². The molecule has 0 nitrogen and oxygen atoms in total. The zero-order chi connectivity index (χ0) is 7.05. The third-order valence-corrected chi connectivity index (χ3v) is 5.49. The molecule has 0 N–H and O–H groups in total. The molecule has 0 aromatic carbocycles. The van der Waals surface area contributed by atoms with Crippen molar-refractivity contribution in [2.24, 2.45) is 29.1 Å². The topological polar surface area (TPSA) is 0 Å². The van der Waals surface area contributed by atoms with E-state index in [4.69, 9.17) is 0 Å². The standard InChI is InChI=1S/C11H16/c1-2-9-7-3-4-8(7)10-6-11(9,10)5-1/h7-10H,1-6H2/t7?,8-,9+,10?,11?/m1/s1. The minimum absolute atomic E-state index is 0.978. The first kappa shape index (κ1) is 5.61. The van der Waals surface area contributed by atoms with E-state index >= 15 is 0 Å². The lowest BCUT2D eigenvalue weighted by molar-refractivity contribution is 0.128. The molecule has 4 aliphatic rings. The van der Waals surface area contributed by atoms with Crippen molar-refractivity contribution < 1.29 is 0 Å². The Morgan fingerprint density at radius 3 is 2.55 bits per heavy atom. The number of hydrogen-bond acceptors (Lipinski definition) is 0. The second-order valence-electron chi connectivity index (χ2n) is 5.45. The summed E-state index contributed by atoms with van der Waals surface area (Å²) < 4.78 is 0. The van der Waals surface area contributed by atoms with E-state index in [9.17, 15) is 0 Å². The summed E-state index contributed by atoms with van der Waals surface area (Å²) in [4.78, 5) is 0. The van der Waals surface area contributed by atoms with Crippen LogP contribution in [0.4, 0.5) is 0 Å². The van der Waals surface area contributed by atoms with Crippen LogP contribution in [0, 0.1) is 29.1 Å². The molecule has 4 aliphatic carbocycles. The fourth-order valence-corrected chi connectivity index (χ4v) is 4.96. The predicted molar refractivity (Wildman–Crippen MR) is 44.1 cm³/mol. The molecule has 0 bridgehead atoms. The van der Waals surface area contributed by atoms with E-state index in [1.807, 2.05) is 0 Å². The van der Waals surface area contributed by atoms with Crippen LogP contribution in [0.5, 0.6) is 0 Å². The van der Waals surface area contributed by atoms with E-state index in [0.717, 1.165) is 5.41 Å². The second kappa shape index (κ2) is 1.41. The molecule has 3 unspecified atom stereocenters. The van der Waals surface area contributed by atoms with Gasteiger partial charge in [-0.15, -0.1) is 0 Å². The molecule has 1 spiro atoms. The Morgan fingerprint density at radius 1 is 0.909 bits per heavy atom. The molecule has 4 fully saturated rings. The van der Waals surface area contributed by atoms with Gasteiger partial charge in [0.25, 0.3) is 0 Å². The third kappa shape index (κ3) is 0.421. The first-order valence-electron chi connectivity index (χ1n) is 5.42. The molecule has 0 heterocycles. The summed E-state index contributed by atoms with van der Waals surface area (Å²) in [7, 11) is 0. The zero-order valence-corrected chi connectivity index (χ0v) is 7.05. The summed E-state index contributed by atoms with van der Waals surface area (Å²) in [6.45, 7) is 0. The maximum absolute atomic E-state index is 1.65. The van der Waals surface area contributed by atoms with Gasteiger partial charge in [-0.3, -0.25) is 0 Å². The molecule has 4 rings (SSSR count). The van der Waals surface area contributed by atoms with Crippen LogP contribution >= 0.6 is 0 Å². The molecule has 0 heteroatoms. The molecule has 0 amide bonds. The third-order valence-electron chi connectivity index (χ3n) is 5.49. The van der Waals surface area contributed by atoms with Crippen molar-refractivity contribution in [3.8, 4) is 0 Å². The molecule has 0 radical (unpaired) electrons. The predicted octanol–water partition coefficient (Wildman–Crippen LogP) is 2.83. The second-order valence-corrected chi connectivity index (χ2v) is 5.45. The van der Waals surface area contributed by atoms with Crippen LogP contribution in [-0.2, 0) is 0 Å². The first-order chi connectivity index (χ1) is 5.42. The van der Waals surface area contributed by atoms with Crippen molar-refractivity contribution in [3.05, 3.63) is 0 Å². The summed E-state index contributed by atoms with van der Waals surface area (Å²) in [6.07, 6.45) is 9.66. The van der Waals surface area contributed by atoms with E-state index in [1.165, 1.54) is 23.7 Å². The first-order valence-corrected chi connectivity index (χ1v) is 5.42. The zero-order valence-electron chi connectivity index (χ0n) is 7.05. The van der Waals surface area contributed by atoms with Crippen LogP contribution < -0.4 is 0 Å². The minimum Gasteiger partial charge on any atom is -0.0525 e. The van der Waals surface area contributed by atoms with Crippen LogP contribution in [0.15, 0.2) is 0 Å². The van der Waals surface area contributed by atoms with Gasteiger partial charge in [0.1, 0.15) is 0 Å². The van der Waals surface area contributed by atoms with Crippen molar-refractivity contribution in [1.29, 1.82) is 0 Å². The summed E-state index contributed by atoms with van der Waals surface area (Å²) in [5, 5.41) is 0. The van der Waals surface area contributed by atoms with Crippen molar-refractivity contribution in [3.63, 3.8) is 0 Å². The summed E-state index contributed by atoms with van der Waals surface area (Å²) in [6, 6.07) is 0. The Kier molecular flexibility index (Phi) is 0.717. The summed E-state index contributed by atoms with van der Waals surface area (Å²) >= 11 is 0. The van der Waals surface area contributed by atoms with Gasteiger partial charge in [-0.25, -0.2) is 0 Å². The van der Waals surface area contributed by atoms with Crippen LogP contribution in [0.2, 0.25) is 0 Å². The van der Waals surface area contributed by atoms with Gasteiger partial charge in [-0.1, -0.05) is 6.42 Å². The molecule has 0 aliphatic heterocycles. The SMILES string of the molecule is C1C[C@H]2C3CC[C@H]3C3CC32C1. The molecule has 0 aromatic rings. The molecule has 0 aromatic heterocycles. The highest BCUT2D eigenvalue weighted by Crippen LogP contribution is 2.80. The Morgan fingerprint density at radius 2 is 1.73 bits per heavy atom. The van der Waals surface area contributed by atoms with Gasteiger partial charge >= 0.3 is 0 Å². The summed E-state index contributed by atoms with van der Waals surface area (Å²) in [5.41, 5.74) is 0.978. The van der Waals surface area contributed by atoms with Crippen molar-refractivity contribution in [2.75, 3.05) is 0 Å². The van der Waals surface area contributed by atoms with Crippen LogP contribution in [0.3, 0.4) is 0 Å². The van der Waals surface area contributed by atoms with Gasteiger partial charge in [0.2, 0.25) is 0 Å². The Bertz CT molecular complexity index is 218. The molecule has 4 saturated carbocycles. The highest BCUT2D eigenvalue weighted by molar-refractivity contribution is 5.21. The fourth-order valence-electron chi connectivity index (χ4n) is 4.96. The Hall–Kier alpha value is 0. The molecule has 0 saturated heterocycles. The van der Waals surface area contributed by atoms with Crippen molar-refractivity contribution >= 4 is 0 Å². The van der Waals surface area contributed by atoms with E-state index in [1.54, 1.807) is 38.5 Å². The van der Waals surface area contributed by atoms with Gasteiger partial charge in [0.05, 0.1) is 0 Å². The largest absolute Gasteiger partial charge is 0.0525 e. The van der Waals surface area contributed by atoms with Crippen LogP contribution in [0.25, 0.3) is 0 Å². The van der Waals surface area contributed by atoms with Gasteiger partial charge in [-0.2, -0.15) is 0 Å². The highest BCUT2D eigenvalue weighted by Gasteiger charge is 2.73. The van der Waals surface area contributed by atoms with Gasteiger partial charge in [0.15, 0.2) is 0 Å². The van der Waals surface area contributed by atoms with Gasteiger partial charge in [-0.05, 0) is 61.2 Å². The van der Waals surface area contributed by atoms with Gasteiger partial charge in [0, 0.05) is 0 Å². The maximum Gasteiger partial charge on any atom is -0.0232 e. The normalized spacial score (nSPS) is 69.8. The Labute approximate surface area is 68.4 Å². The van der Waals surface area contributed by atoms with E-state index in [0.29, 0.717) is 0 Å². The molecule has 60 valence electrons. The molecular weight excluding hydrogens is 132 g/mol. The lowest BCUT2D eigenvalue weighted by atomic mass is 9.68. The van der Waals surface area contributed by atoms with E-state index in [2.05, 4.69) is 0 Å². The lowest BCUT2D eigenvalue weighted by Crippen LogP contribution is -2.28. The number of fused-ring (bicyclic) bond motifs is 3. The maximum atomic E-state index is 1.65. The Balaban J connectivity index is 1.81. The molecular formula is C11H16. The smallest absolute Gasteiger partial charge is 0.0232 e. The molecule has 11 heavy (non-hydrogen) atoms. The van der Waals surface area contributed by atoms with Crippen LogP contribution in [0.1, 0.15) is 38.5 Å². The van der Waals surface area contributed by atoms with Crippen LogP contribution in [-0.4, -0.2) is 0 Å². The monoisotopic (exact) mass is 148 g/mol. The van der Waals surface area contributed by atoms with E-state index < -0.39 is 0 Å². The van der Waals surface area contributed by atoms with E-state index in [-0.39, 0.29) is 0 Å². The number of hydrogen-bond donors (Lipinski definition) is 0. The van der Waals surface area contributed by atoms with Gasteiger partial charge < -0.3 is 0 Å². The average Bonchev–Trinajstić information content (AvgIpc) is 2.36. The quantitative estimate of drug-likeness (QED) is 0.495. The number of rotatable bonds is 0. The minimum atomic E-state index is 0.978. The lowest BCUT2D eigenvalue weighted by Gasteiger charge is -2.37. The van der Waals surface area contributed by atoms with Crippen molar-refractivity contribution in [2.45, 2.75) is 38.5 Å². The average molecular weight is 148 g/mol. The molecule has 5 atom stereocenters.